The number of carboxylic acids is 1. The van der Waals surface area contributed by atoms with Crippen molar-refractivity contribution in [2.45, 2.75) is 6.36 Å². The molecule has 0 aliphatic heterocycles. The fraction of sp³-hybridized carbons (Fsp3) is 0.100. The lowest BCUT2D eigenvalue weighted by Gasteiger charge is -2.11. The zero-order valence-electron chi connectivity index (χ0n) is 9.05. The van der Waals surface area contributed by atoms with Gasteiger partial charge in [0.25, 0.3) is 5.69 Å². The molecule has 1 aromatic carbocycles. The molecule has 0 atom stereocenters. The molecule has 0 radical (unpaired) electrons. The molecule has 0 spiro atoms. The lowest BCUT2D eigenvalue weighted by atomic mass is 10.1. The van der Waals surface area contributed by atoms with E-state index < -0.39 is 28.7 Å². The highest BCUT2D eigenvalue weighted by atomic mass is 19.4. The first-order valence-electron chi connectivity index (χ1n) is 4.64. The molecule has 1 N–H and O–H groups in total. The topological polar surface area (TPSA) is 89.7 Å². The third-order valence-corrected chi connectivity index (χ3v) is 1.84. The molecule has 0 fully saturated rings. The highest BCUT2D eigenvalue weighted by Crippen LogP contribution is 2.30. The standard InChI is InChI=1S/C10H6F3NO5/c11-10(12,13)19-8-3-2-7(14(17)18)5-6(8)1-4-9(15)16/h1-5H,(H,15,16)/b4-1+. The fourth-order valence-corrected chi connectivity index (χ4v) is 1.16. The van der Waals surface area contributed by atoms with Crippen LogP contribution in [0, 0.1) is 10.1 Å². The molecule has 1 aromatic rings. The highest BCUT2D eigenvalue weighted by molar-refractivity contribution is 5.86. The van der Waals surface area contributed by atoms with Crippen LogP contribution in [0.2, 0.25) is 0 Å². The number of carboxylic acid groups (broad SMARTS) is 1. The van der Waals surface area contributed by atoms with E-state index in [2.05, 4.69) is 4.74 Å². The van der Waals surface area contributed by atoms with Crippen LogP contribution in [-0.2, 0) is 4.79 Å². The van der Waals surface area contributed by atoms with Crippen molar-refractivity contribution in [1.29, 1.82) is 0 Å². The predicted octanol–water partition coefficient (Wildman–Crippen LogP) is 2.59. The summed E-state index contributed by atoms with van der Waals surface area (Å²) in [6.45, 7) is 0. The van der Waals surface area contributed by atoms with Crippen LogP contribution in [0.1, 0.15) is 5.56 Å². The van der Waals surface area contributed by atoms with E-state index in [1.165, 1.54) is 0 Å². The summed E-state index contributed by atoms with van der Waals surface area (Å²) in [6, 6.07) is 2.34. The number of non-ortho nitro benzene ring substituents is 1. The lowest BCUT2D eigenvalue weighted by molar-refractivity contribution is -0.385. The Balaban J connectivity index is 3.22. The van der Waals surface area contributed by atoms with E-state index in [9.17, 15) is 28.1 Å². The Bertz CT molecular complexity index is 538. The minimum absolute atomic E-state index is 0.367. The van der Waals surface area contributed by atoms with Gasteiger partial charge in [-0.15, -0.1) is 13.2 Å². The van der Waals surface area contributed by atoms with Crippen molar-refractivity contribution in [3.8, 4) is 5.75 Å². The average Bonchev–Trinajstić information content (AvgIpc) is 2.25. The van der Waals surface area contributed by atoms with Crippen LogP contribution in [0.15, 0.2) is 24.3 Å². The monoisotopic (exact) mass is 277 g/mol. The smallest absolute Gasteiger partial charge is 0.478 e. The molecule has 0 bridgehead atoms. The largest absolute Gasteiger partial charge is 0.573 e. The zero-order chi connectivity index (χ0) is 14.6. The molecule has 0 heterocycles. The maximum atomic E-state index is 12.1. The molecule has 6 nitrogen and oxygen atoms in total. The second-order valence-electron chi connectivity index (χ2n) is 3.20. The summed E-state index contributed by atoms with van der Waals surface area (Å²) in [7, 11) is 0. The van der Waals surface area contributed by atoms with Crippen LogP contribution in [0.3, 0.4) is 0 Å². The van der Waals surface area contributed by atoms with Crippen molar-refractivity contribution < 1.29 is 32.7 Å². The molecule has 0 amide bonds. The summed E-state index contributed by atoms with van der Waals surface area (Å²) in [6.07, 6.45) is -3.67. The summed E-state index contributed by atoms with van der Waals surface area (Å²) < 4.78 is 39.9. The van der Waals surface area contributed by atoms with Crippen LogP contribution >= 0.6 is 0 Å². The molecular weight excluding hydrogens is 271 g/mol. The van der Waals surface area contributed by atoms with Gasteiger partial charge in [-0.1, -0.05) is 0 Å². The first-order valence-corrected chi connectivity index (χ1v) is 4.64. The van der Waals surface area contributed by atoms with Crippen molar-refractivity contribution in [2.24, 2.45) is 0 Å². The molecule has 0 aliphatic carbocycles. The molecule has 0 aliphatic rings. The van der Waals surface area contributed by atoms with Gasteiger partial charge in [0.1, 0.15) is 5.75 Å². The van der Waals surface area contributed by atoms with Gasteiger partial charge >= 0.3 is 12.3 Å². The first kappa shape index (κ1) is 14.5. The van der Waals surface area contributed by atoms with E-state index in [-0.39, 0.29) is 5.56 Å². The third-order valence-electron chi connectivity index (χ3n) is 1.84. The Morgan fingerprint density at radius 3 is 2.53 bits per heavy atom. The number of alkyl halides is 3. The first-order chi connectivity index (χ1) is 8.69. The second kappa shape index (κ2) is 5.38. The lowest BCUT2D eigenvalue weighted by Crippen LogP contribution is -2.17. The van der Waals surface area contributed by atoms with E-state index in [1.54, 1.807) is 0 Å². The van der Waals surface area contributed by atoms with Crippen molar-refractivity contribution >= 4 is 17.7 Å². The predicted molar refractivity (Wildman–Crippen MR) is 56.4 cm³/mol. The normalized spacial score (nSPS) is 11.5. The van der Waals surface area contributed by atoms with E-state index in [4.69, 9.17) is 5.11 Å². The summed E-state index contributed by atoms with van der Waals surface area (Å²) in [5, 5.41) is 18.9. The molecule has 9 heteroatoms. The summed E-state index contributed by atoms with van der Waals surface area (Å²) >= 11 is 0. The number of nitrogens with zero attached hydrogens (tertiary/aromatic N) is 1. The van der Waals surface area contributed by atoms with Crippen molar-refractivity contribution in [3.05, 3.63) is 40.0 Å². The van der Waals surface area contributed by atoms with Gasteiger partial charge in [-0.3, -0.25) is 10.1 Å². The molecule has 0 saturated heterocycles. The maximum absolute atomic E-state index is 12.1. The third kappa shape index (κ3) is 4.66. The van der Waals surface area contributed by atoms with Gasteiger partial charge in [0, 0.05) is 23.8 Å². The number of halogens is 3. The summed E-state index contributed by atoms with van der Waals surface area (Å²) in [4.78, 5) is 20.0. The van der Waals surface area contributed by atoms with E-state index in [0.717, 1.165) is 24.3 Å². The number of nitro benzene ring substituents is 1. The van der Waals surface area contributed by atoms with Crippen LogP contribution in [0.5, 0.6) is 5.75 Å². The SMILES string of the molecule is O=C(O)/C=C/c1cc([N+](=O)[O-])ccc1OC(F)(F)F. The quantitative estimate of drug-likeness (QED) is 0.519. The summed E-state index contributed by atoms with van der Waals surface area (Å²) in [5.74, 6) is -2.14. The Morgan fingerprint density at radius 2 is 2.05 bits per heavy atom. The molecule has 0 aromatic heterocycles. The zero-order valence-corrected chi connectivity index (χ0v) is 9.05. The number of nitro groups is 1. The van der Waals surface area contributed by atoms with Crippen LogP contribution < -0.4 is 4.74 Å². The number of hydrogen-bond acceptors (Lipinski definition) is 4. The second-order valence-corrected chi connectivity index (χ2v) is 3.20. The van der Waals surface area contributed by atoms with Crippen molar-refractivity contribution in [3.63, 3.8) is 0 Å². The fourth-order valence-electron chi connectivity index (χ4n) is 1.16. The van der Waals surface area contributed by atoms with Gasteiger partial charge < -0.3 is 9.84 Å². The molecule has 102 valence electrons. The van der Waals surface area contributed by atoms with Gasteiger partial charge in [-0.2, -0.15) is 0 Å². The van der Waals surface area contributed by atoms with Gasteiger partial charge in [0.2, 0.25) is 0 Å². The Morgan fingerprint density at radius 1 is 1.42 bits per heavy atom. The Labute approximate surface area is 103 Å². The number of aliphatic carboxylic acids is 1. The van der Waals surface area contributed by atoms with Gasteiger partial charge in [-0.25, -0.2) is 4.79 Å². The maximum Gasteiger partial charge on any atom is 0.573 e. The van der Waals surface area contributed by atoms with Gasteiger partial charge in [-0.05, 0) is 12.1 Å². The molecule has 0 saturated carbocycles. The number of ether oxygens (including phenoxy) is 1. The van der Waals surface area contributed by atoms with Crippen LogP contribution in [0.25, 0.3) is 6.08 Å². The van der Waals surface area contributed by atoms with Gasteiger partial charge in [0.05, 0.1) is 4.92 Å². The Hall–Kier alpha value is -2.58. The van der Waals surface area contributed by atoms with E-state index in [0.29, 0.717) is 6.08 Å². The summed E-state index contributed by atoms with van der Waals surface area (Å²) in [5.41, 5.74) is -0.853. The molecular formula is C10H6F3NO5. The Kier molecular flexibility index (Phi) is 4.10. The number of benzene rings is 1. The minimum Gasteiger partial charge on any atom is -0.478 e. The number of hydrogen-bond donors (Lipinski definition) is 1. The van der Waals surface area contributed by atoms with Crippen molar-refractivity contribution in [2.75, 3.05) is 0 Å². The minimum atomic E-state index is -4.98. The van der Waals surface area contributed by atoms with E-state index in [1.807, 2.05) is 0 Å². The number of rotatable bonds is 4. The van der Waals surface area contributed by atoms with Crippen LogP contribution in [0.4, 0.5) is 18.9 Å². The molecule has 0 unspecified atom stereocenters. The van der Waals surface area contributed by atoms with Crippen molar-refractivity contribution in [1.82, 2.24) is 0 Å². The molecule has 1 rings (SSSR count). The van der Waals surface area contributed by atoms with E-state index >= 15 is 0 Å². The highest BCUT2D eigenvalue weighted by Gasteiger charge is 2.32. The van der Waals surface area contributed by atoms with Crippen LogP contribution in [-0.4, -0.2) is 22.4 Å². The van der Waals surface area contributed by atoms with Gasteiger partial charge in [0.15, 0.2) is 0 Å². The molecule has 19 heavy (non-hydrogen) atoms. The average molecular weight is 277 g/mol. The number of carbonyl (C=O) groups is 1.